The molecule has 0 saturated carbocycles. The van der Waals surface area contributed by atoms with Crippen LogP contribution in [0.1, 0.15) is 17.4 Å². The molecule has 2 heterocycles. The van der Waals surface area contributed by atoms with Crippen molar-refractivity contribution in [3.63, 3.8) is 0 Å². The van der Waals surface area contributed by atoms with Gasteiger partial charge in [-0.25, -0.2) is 5.43 Å². The molecule has 0 spiro atoms. The number of benzene rings is 1. The summed E-state index contributed by atoms with van der Waals surface area (Å²) < 4.78 is 16.6. The molecule has 0 radical (unpaired) electrons. The lowest BCUT2D eigenvalue weighted by atomic mass is 10.0. The molecule has 1 atom stereocenters. The Morgan fingerprint density at radius 2 is 2.00 bits per heavy atom. The first-order valence-corrected chi connectivity index (χ1v) is 5.78. The van der Waals surface area contributed by atoms with Crippen LogP contribution in [-0.2, 0) is 0 Å². The summed E-state index contributed by atoms with van der Waals surface area (Å²) in [5.41, 5.74) is 3.65. The molecule has 3 rings (SSSR count). The van der Waals surface area contributed by atoms with E-state index in [0.717, 1.165) is 22.8 Å². The Morgan fingerprint density at radius 1 is 1.11 bits per heavy atom. The van der Waals surface area contributed by atoms with Crippen molar-refractivity contribution < 1.29 is 13.9 Å². The molecule has 0 aliphatic carbocycles. The fourth-order valence-electron chi connectivity index (χ4n) is 2.10. The molecule has 5 heteroatoms. The minimum atomic E-state index is -0.253. The molecule has 0 bridgehead atoms. The fourth-order valence-corrected chi connectivity index (χ4v) is 2.10. The molecule has 5 nitrogen and oxygen atoms in total. The van der Waals surface area contributed by atoms with Gasteiger partial charge in [0.05, 0.1) is 6.26 Å². The molecule has 1 aromatic carbocycles. The molecule has 0 amide bonds. The molecule has 1 aromatic heterocycles. The van der Waals surface area contributed by atoms with Gasteiger partial charge >= 0.3 is 0 Å². The number of hydrazine groups is 1. The Bertz CT molecular complexity index is 525. The van der Waals surface area contributed by atoms with Gasteiger partial charge in [-0.1, -0.05) is 12.1 Å². The van der Waals surface area contributed by atoms with Crippen molar-refractivity contribution in [1.29, 1.82) is 0 Å². The highest BCUT2D eigenvalue weighted by atomic mass is 16.6. The van der Waals surface area contributed by atoms with Crippen LogP contribution in [0, 0.1) is 0 Å². The second kappa shape index (κ2) is 4.72. The van der Waals surface area contributed by atoms with Crippen molar-refractivity contribution in [1.82, 2.24) is 5.43 Å². The maximum atomic E-state index is 5.67. The van der Waals surface area contributed by atoms with E-state index in [9.17, 15) is 0 Å². The minimum absolute atomic E-state index is 0.253. The number of furan rings is 1. The van der Waals surface area contributed by atoms with E-state index in [0.29, 0.717) is 13.2 Å². The third-order valence-corrected chi connectivity index (χ3v) is 2.90. The van der Waals surface area contributed by atoms with Gasteiger partial charge in [0.15, 0.2) is 11.5 Å². The van der Waals surface area contributed by atoms with E-state index in [1.807, 2.05) is 30.3 Å². The number of para-hydroxylation sites is 1. The van der Waals surface area contributed by atoms with E-state index < -0.39 is 0 Å². The maximum Gasteiger partial charge on any atom is 0.166 e. The lowest BCUT2D eigenvalue weighted by Gasteiger charge is -2.24. The van der Waals surface area contributed by atoms with E-state index in [2.05, 4.69) is 5.43 Å². The zero-order valence-corrected chi connectivity index (χ0v) is 9.76. The Labute approximate surface area is 104 Å². The monoisotopic (exact) mass is 246 g/mol. The van der Waals surface area contributed by atoms with Crippen molar-refractivity contribution in [2.24, 2.45) is 5.84 Å². The first kappa shape index (κ1) is 11.1. The van der Waals surface area contributed by atoms with Crippen molar-refractivity contribution >= 4 is 0 Å². The van der Waals surface area contributed by atoms with Crippen LogP contribution in [0.2, 0.25) is 0 Å². The highest BCUT2D eigenvalue weighted by Crippen LogP contribution is 2.38. The Hall–Kier alpha value is -1.98. The minimum Gasteiger partial charge on any atom is -0.486 e. The van der Waals surface area contributed by atoms with Gasteiger partial charge < -0.3 is 13.9 Å². The second-order valence-electron chi connectivity index (χ2n) is 3.99. The summed E-state index contributed by atoms with van der Waals surface area (Å²) in [6, 6.07) is 9.18. The van der Waals surface area contributed by atoms with Gasteiger partial charge in [-0.15, -0.1) is 0 Å². The normalized spacial score (nSPS) is 15.4. The molecule has 3 N–H and O–H groups in total. The van der Waals surface area contributed by atoms with Crippen LogP contribution in [0.4, 0.5) is 0 Å². The largest absolute Gasteiger partial charge is 0.486 e. The van der Waals surface area contributed by atoms with Crippen LogP contribution in [0.3, 0.4) is 0 Å². The zero-order chi connectivity index (χ0) is 12.4. The summed E-state index contributed by atoms with van der Waals surface area (Å²) in [7, 11) is 0. The van der Waals surface area contributed by atoms with Crippen molar-refractivity contribution in [3.8, 4) is 11.5 Å². The number of nitrogens with one attached hydrogen (secondary N) is 1. The molecular weight excluding hydrogens is 232 g/mol. The van der Waals surface area contributed by atoms with Crippen LogP contribution in [-0.4, -0.2) is 13.2 Å². The van der Waals surface area contributed by atoms with Gasteiger partial charge in [-0.2, -0.15) is 0 Å². The fraction of sp³-hybridized carbons (Fsp3) is 0.231. The van der Waals surface area contributed by atoms with Crippen molar-refractivity contribution in [2.45, 2.75) is 6.04 Å². The predicted molar refractivity (Wildman–Crippen MR) is 65.3 cm³/mol. The van der Waals surface area contributed by atoms with Crippen LogP contribution in [0.15, 0.2) is 41.0 Å². The summed E-state index contributed by atoms with van der Waals surface area (Å²) in [5, 5.41) is 0. The van der Waals surface area contributed by atoms with Crippen molar-refractivity contribution in [3.05, 3.63) is 47.9 Å². The van der Waals surface area contributed by atoms with Gasteiger partial charge in [0.1, 0.15) is 25.0 Å². The van der Waals surface area contributed by atoms with Crippen LogP contribution in [0.25, 0.3) is 0 Å². The molecule has 1 aliphatic heterocycles. The Balaban J connectivity index is 2.05. The second-order valence-corrected chi connectivity index (χ2v) is 3.99. The summed E-state index contributed by atoms with van der Waals surface area (Å²) in [5.74, 6) is 7.83. The molecule has 94 valence electrons. The average Bonchev–Trinajstić information content (AvgIpc) is 2.94. The van der Waals surface area contributed by atoms with Gasteiger partial charge in [0.2, 0.25) is 0 Å². The average molecular weight is 246 g/mol. The lowest BCUT2D eigenvalue weighted by Crippen LogP contribution is -2.29. The van der Waals surface area contributed by atoms with E-state index in [1.165, 1.54) is 0 Å². The summed E-state index contributed by atoms with van der Waals surface area (Å²) in [6.07, 6.45) is 1.62. The predicted octanol–water partition coefficient (Wildman–Crippen LogP) is 1.60. The smallest absolute Gasteiger partial charge is 0.166 e. The molecule has 0 saturated heterocycles. The highest BCUT2D eigenvalue weighted by Gasteiger charge is 2.24. The highest BCUT2D eigenvalue weighted by molar-refractivity contribution is 5.50. The topological polar surface area (TPSA) is 69.7 Å². The first-order valence-electron chi connectivity index (χ1n) is 5.78. The Kier molecular flexibility index (Phi) is 2.92. The van der Waals surface area contributed by atoms with E-state index >= 15 is 0 Å². The van der Waals surface area contributed by atoms with Crippen LogP contribution >= 0.6 is 0 Å². The SMILES string of the molecule is NNC(c1ccco1)c1cccc2c1OCCO2. The number of nitrogens with two attached hydrogens (primary N) is 1. The third kappa shape index (κ3) is 1.83. The third-order valence-electron chi connectivity index (χ3n) is 2.90. The Morgan fingerprint density at radius 3 is 2.78 bits per heavy atom. The zero-order valence-electron chi connectivity index (χ0n) is 9.76. The molecule has 2 aromatic rings. The number of hydrogen-bond donors (Lipinski definition) is 2. The number of hydrogen-bond acceptors (Lipinski definition) is 5. The molecule has 1 unspecified atom stereocenters. The van der Waals surface area contributed by atoms with E-state index in [4.69, 9.17) is 19.7 Å². The first-order chi connectivity index (χ1) is 8.90. The number of rotatable bonds is 3. The summed E-state index contributed by atoms with van der Waals surface area (Å²) in [4.78, 5) is 0. The quantitative estimate of drug-likeness (QED) is 0.636. The number of fused-ring (bicyclic) bond motifs is 1. The summed E-state index contributed by atoms with van der Waals surface area (Å²) in [6.45, 7) is 1.11. The van der Waals surface area contributed by atoms with Crippen molar-refractivity contribution in [2.75, 3.05) is 13.2 Å². The van der Waals surface area contributed by atoms with Gasteiger partial charge in [-0.05, 0) is 18.2 Å². The molecular formula is C13H14N2O3. The molecule has 0 fully saturated rings. The maximum absolute atomic E-state index is 5.67. The lowest BCUT2D eigenvalue weighted by molar-refractivity contribution is 0.168. The van der Waals surface area contributed by atoms with Crippen LogP contribution in [0.5, 0.6) is 11.5 Å². The van der Waals surface area contributed by atoms with Gasteiger partial charge in [0, 0.05) is 5.56 Å². The number of ether oxygens (including phenoxy) is 2. The summed E-state index contributed by atoms with van der Waals surface area (Å²) >= 11 is 0. The van der Waals surface area contributed by atoms with E-state index in [-0.39, 0.29) is 6.04 Å². The standard InChI is InChI=1S/C13H14N2O3/c14-15-12(10-5-2-6-16-10)9-3-1-4-11-13(9)18-8-7-17-11/h1-6,12,15H,7-8,14H2. The van der Waals surface area contributed by atoms with Crippen LogP contribution < -0.4 is 20.7 Å². The van der Waals surface area contributed by atoms with Gasteiger partial charge in [0.25, 0.3) is 0 Å². The van der Waals surface area contributed by atoms with E-state index in [1.54, 1.807) is 6.26 Å². The molecule has 1 aliphatic rings. The van der Waals surface area contributed by atoms with Gasteiger partial charge in [-0.3, -0.25) is 5.84 Å². The molecule has 18 heavy (non-hydrogen) atoms.